The standard InChI is InChI=1S/C14H17NO3/c1-8(2)10-5-9(18-4)6-11-12(14(16)17)7-15(3)13(10)11/h5-8H,1-4H3,(H,16,17). The Labute approximate surface area is 106 Å². The average molecular weight is 247 g/mol. The van der Waals surface area contributed by atoms with Crippen LogP contribution in [-0.2, 0) is 7.05 Å². The van der Waals surface area contributed by atoms with E-state index in [1.165, 1.54) is 0 Å². The number of carboxylic acids is 1. The Kier molecular flexibility index (Phi) is 3.03. The number of ether oxygens (including phenoxy) is 1. The Morgan fingerprint density at radius 3 is 2.56 bits per heavy atom. The van der Waals surface area contributed by atoms with Crippen LogP contribution in [0.1, 0.15) is 35.7 Å². The third-order valence-corrected chi connectivity index (χ3v) is 3.17. The normalized spacial score (nSPS) is 11.2. The van der Waals surface area contributed by atoms with Gasteiger partial charge in [-0.1, -0.05) is 13.8 Å². The number of rotatable bonds is 3. The molecule has 0 fully saturated rings. The first kappa shape index (κ1) is 12.5. The highest BCUT2D eigenvalue weighted by molar-refractivity contribution is 6.05. The minimum Gasteiger partial charge on any atom is -0.497 e. The van der Waals surface area contributed by atoms with Gasteiger partial charge in [0, 0.05) is 18.6 Å². The molecule has 2 rings (SSSR count). The molecule has 18 heavy (non-hydrogen) atoms. The summed E-state index contributed by atoms with van der Waals surface area (Å²) in [7, 11) is 3.46. The lowest BCUT2D eigenvalue weighted by Gasteiger charge is -2.12. The molecular formula is C14H17NO3. The fourth-order valence-electron chi connectivity index (χ4n) is 2.28. The maximum absolute atomic E-state index is 11.3. The molecule has 1 aromatic carbocycles. The summed E-state index contributed by atoms with van der Waals surface area (Å²) in [5.74, 6) is 0.0845. The van der Waals surface area contributed by atoms with E-state index >= 15 is 0 Å². The monoisotopic (exact) mass is 247 g/mol. The Balaban J connectivity index is 2.88. The Hall–Kier alpha value is -1.97. The van der Waals surface area contributed by atoms with E-state index in [-0.39, 0.29) is 0 Å². The van der Waals surface area contributed by atoms with Gasteiger partial charge >= 0.3 is 5.97 Å². The first-order chi connectivity index (χ1) is 8.45. The van der Waals surface area contributed by atoms with Crippen molar-refractivity contribution >= 4 is 16.9 Å². The Bertz CT molecular complexity index is 611. The highest BCUT2D eigenvalue weighted by Gasteiger charge is 2.18. The maximum Gasteiger partial charge on any atom is 0.337 e. The summed E-state index contributed by atoms with van der Waals surface area (Å²) >= 11 is 0. The lowest BCUT2D eigenvalue weighted by molar-refractivity contribution is 0.0699. The summed E-state index contributed by atoms with van der Waals surface area (Å²) in [5, 5.41) is 9.96. The number of methoxy groups -OCH3 is 1. The number of fused-ring (bicyclic) bond motifs is 1. The van der Waals surface area contributed by atoms with E-state index in [0.717, 1.165) is 16.5 Å². The molecule has 0 aliphatic heterocycles. The second kappa shape index (κ2) is 4.37. The zero-order valence-electron chi connectivity index (χ0n) is 11.0. The predicted molar refractivity (Wildman–Crippen MR) is 70.5 cm³/mol. The summed E-state index contributed by atoms with van der Waals surface area (Å²) in [4.78, 5) is 11.3. The summed E-state index contributed by atoms with van der Waals surface area (Å²) in [6.45, 7) is 4.17. The summed E-state index contributed by atoms with van der Waals surface area (Å²) in [5.41, 5.74) is 2.37. The molecule has 0 aliphatic rings. The Morgan fingerprint density at radius 1 is 1.39 bits per heavy atom. The molecule has 0 radical (unpaired) electrons. The van der Waals surface area contributed by atoms with E-state index in [1.807, 2.05) is 17.7 Å². The third-order valence-electron chi connectivity index (χ3n) is 3.17. The van der Waals surface area contributed by atoms with Gasteiger partial charge < -0.3 is 14.4 Å². The van der Waals surface area contributed by atoms with E-state index in [4.69, 9.17) is 4.74 Å². The van der Waals surface area contributed by atoms with E-state index in [0.29, 0.717) is 17.2 Å². The van der Waals surface area contributed by atoms with Crippen molar-refractivity contribution in [1.29, 1.82) is 0 Å². The lowest BCUT2D eigenvalue weighted by atomic mass is 9.99. The summed E-state index contributed by atoms with van der Waals surface area (Å²) in [6, 6.07) is 3.75. The average Bonchev–Trinajstić information content (AvgIpc) is 2.65. The number of carbonyl (C=O) groups is 1. The molecular weight excluding hydrogens is 230 g/mol. The van der Waals surface area contributed by atoms with Gasteiger partial charge in [0.2, 0.25) is 0 Å². The molecule has 0 saturated carbocycles. The quantitative estimate of drug-likeness (QED) is 0.907. The maximum atomic E-state index is 11.3. The Morgan fingerprint density at radius 2 is 2.06 bits per heavy atom. The van der Waals surface area contributed by atoms with Crippen molar-refractivity contribution in [2.75, 3.05) is 7.11 Å². The van der Waals surface area contributed by atoms with Crippen LogP contribution < -0.4 is 4.74 Å². The van der Waals surface area contributed by atoms with Crippen molar-refractivity contribution in [3.63, 3.8) is 0 Å². The van der Waals surface area contributed by atoms with E-state index in [1.54, 1.807) is 19.4 Å². The van der Waals surface area contributed by atoms with Gasteiger partial charge in [0.25, 0.3) is 0 Å². The summed E-state index contributed by atoms with van der Waals surface area (Å²) < 4.78 is 7.12. The van der Waals surface area contributed by atoms with Crippen LogP contribution in [0.25, 0.3) is 10.9 Å². The highest BCUT2D eigenvalue weighted by atomic mass is 16.5. The van der Waals surface area contributed by atoms with Gasteiger partial charge in [0.05, 0.1) is 18.2 Å². The SMILES string of the molecule is COc1cc(C(C)C)c2c(c1)c(C(=O)O)cn2C. The largest absolute Gasteiger partial charge is 0.497 e. The molecule has 0 bridgehead atoms. The van der Waals surface area contributed by atoms with Crippen LogP contribution in [0, 0.1) is 0 Å². The number of aromatic nitrogens is 1. The van der Waals surface area contributed by atoms with Crippen LogP contribution in [0.3, 0.4) is 0 Å². The number of carboxylic acid groups (broad SMARTS) is 1. The molecule has 0 unspecified atom stereocenters. The molecule has 0 spiro atoms. The van der Waals surface area contributed by atoms with Gasteiger partial charge in [-0.15, -0.1) is 0 Å². The number of aryl methyl sites for hydroxylation is 1. The minimum absolute atomic E-state index is 0.304. The number of benzene rings is 1. The fourth-order valence-corrected chi connectivity index (χ4v) is 2.28. The molecule has 0 aliphatic carbocycles. The zero-order chi connectivity index (χ0) is 13.4. The molecule has 0 saturated heterocycles. The number of aromatic carboxylic acids is 1. The molecule has 4 nitrogen and oxygen atoms in total. The molecule has 0 amide bonds. The van der Waals surface area contributed by atoms with Crippen molar-refractivity contribution in [1.82, 2.24) is 4.57 Å². The number of nitrogens with zero attached hydrogens (tertiary/aromatic N) is 1. The predicted octanol–water partition coefficient (Wildman–Crippen LogP) is 3.01. The first-order valence-corrected chi connectivity index (χ1v) is 5.86. The molecule has 2 aromatic rings. The molecule has 1 aromatic heterocycles. The smallest absolute Gasteiger partial charge is 0.337 e. The molecule has 1 heterocycles. The minimum atomic E-state index is -0.913. The molecule has 96 valence electrons. The van der Waals surface area contributed by atoms with Gasteiger partial charge in [-0.25, -0.2) is 4.79 Å². The summed E-state index contributed by atoms with van der Waals surface area (Å²) in [6.07, 6.45) is 1.65. The van der Waals surface area contributed by atoms with Crippen LogP contribution in [0.4, 0.5) is 0 Å². The van der Waals surface area contributed by atoms with Gasteiger partial charge in [-0.3, -0.25) is 0 Å². The van der Waals surface area contributed by atoms with Crippen LogP contribution in [0.15, 0.2) is 18.3 Å². The fraction of sp³-hybridized carbons (Fsp3) is 0.357. The van der Waals surface area contributed by atoms with Gasteiger partial charge in [-0.05, 0) is 23.6 Å². The van der Waals surface area contributed by atoms with Crippen LogP contribution in [0.5, 0.6) is 5.75 Å². The topological polar surface area (TPSA) is 51.5 Å². The van der Waals surface area contributed by atoms with E-state index in [9.17, 15) is 9.90 Å². The second-order valence-electron chi connectivity index (χ2n) is 4.73. The van der Waals surface area contributed by atoms with Gasteiger partial charge in [0.1, 0.15) is 5.75 Å². The first-order valence-electron chi connectivity index (χ1n) is 5.86. The third kappa shape index (κ3) is 1.83. The molecule has 1 N–H and O–H groups in total. The van der Waals surface area contributed by atoms with Crippen LogP contribution >= 0.6 is 0 Å². The number of hydrogen-bond acceptors (Lipinski definition) is 2. The number of hydrogen-bond donors (Lipinski definition) is 1. The molecule has 0 atom stereocenters. The van der Waals surface area contributed by atoms with Crippen LogP contribution in [-0.4, -0.2) is 22.8 Å². The van der Waals surface area contributed by atoms with Gasteiger partial charge in [-0.2, -0.15) is 0 Å². The van der Waals surface area contributed by atoms with E-state index < -0.39 is 5.97 Å². The van der Waals surface area contributed by atoms with Gasteiger partial charge in [0.15, 0.2) is 0 Å². The van der Waals surface area contributed by atoms with Crippen molar-refractivity contribution < 1.29 is 14.6 Å². The highest BCUT2D eigenvalue weighted by Crippen LogP contribution is 2.33. The lowest BCUT2D eigenvalue weighted by Crippen LogP contribution is -1.96. The van der Waals surface area contributed by atoms with Crippen molar-refractivity contribution in [3.8, 4) is 5.75 Å². The van der Waals surface area contributed by atoms with Crippen LogP contribution in [0.2, 0.25) is 0 Å². The zero-order valence-corrected chi connectivity index (χ0v) is 11.0. The van der Waals surface area contributed by atoms with Crippen molar-refractivity contribution in [2.24, 2.45) is 7.05 Å². The molecule has 4 heteroatoms. The second-order valence-corrected chi connectivity index (χ2v) is 4.73. The van der Waals surface area contributed by atoms with Crippen molar-refractivity contribution in [2.45, 2.75) is 19.8 Å². The van der Waals surface area contributed by atoms with E-state index in [2.05, 4.69) is 13.8 Å². The van der Waals surface area contributed by atoms with Crippen molar-refractivity contribution in [3.05, 3.63) is 29.5 Å².